The van der Waals surface area contributed by atoms with Crippen LogP contribution in [0.15, 0.2) is 18.3 Å². The second kappa shape index (κ2) is 5.32. The van der Waals surface area contributed by atoms with Crippen LogP contribution in [-0.2, 0) is 0 Å². The SMILES string of the molecule is CC(O)C1CCN(C(=O)c2cc(NN)ccn2)C1. The maximum atomic E-state index is 12.2. The van der Waals surface area contributed by atoms with E-state index < -0.39 is 0 Å². The van der Waals surface area contributed by atoms with E-state index in [0.717, 1.165) is 6.42 Å². The Hall–Kier alpha value is -1.66. The fourth-order valence-electron chi connectivity index (χ4n) is 2.16. The molecule has 6 heteroatoms. The van der Waals surface area contributed by atoms with Crippen molar-refractivity contribution in [1.29, 1.82) is 0 Å². The van der Waals surface area contributed by atoms with Crippen LogP contribution >= 0.6 is 0 Å². The number of likely N-dealkylation sites (tertiary alicyclic amines) is 1. The van der Waals surface area contributed by atoms with Gasteiger partial charge in [0.25, 0.3) is 5.91 Å². The number of rotatable bonds is 3. The fraction of sp³-hybridized carbons (Fsp3) is 0.500. The summed E-state index contributed by atoms with van der Waals surface area (Å²) in [5.74, 6) is 5.34. The van der Waals surface area contributed by atoms with Crippen LogP contribution in [0.25, 0.3) is 0 Å². The van der Waals surface area contributed by atoms with Crippen molar-refractivity contribution >= 4 is 11.6 Å². The van der Waals surface area contributed by atoms with Gasteiger partial charge in [0.1, 0.15) is 5.69 Å². The standard InChI is InChI=1S/C12H18N4O2/c1-8(17)9-3-5-16(7-9)12(18)11-6-10(15-13)2-4-14-11/h2,4,6,8-9,17H,3,5,7,13H2,1H3,(H,14,15). The number of hydrogen-bond donors (Lipinski definition) is 3. The van der Waals surface area contributed by atoms with E-state index in [4.69, 9.17) is 5.84 Å². The summed E-state index contributed by atoms with van der Waals surface area (Å²) in [5, 5.41) is 9.52. The number of hydrogen-bond acceptors (Lipinski definition) is 5. The normalized spacial score (nSPS) is 20.8. The molecule has 0 radical (unpaired) electrons. The Bertz CT molecular complexity index is 436. The second-order valence-corrected chi connectivity index (χ2v) is 4.61. The minimum atomic E-state index is -0.382. The number of aliphatic hydroxyl groups excluding tert-OH is 1. The summed E-state index contributed by atoms with van der Waals surface area (Å²) < 4.78 is 0. The fourth-order valence-corrected chi connectivity index (χ4v) is 2.16. The number of nitrogens with zero attached hydrogens (tertiary/aromatic N) is 2. The Labute approximate surface area is 106 Å². The lowest BCUT2D eigenvalue weighted by atomic mass is 10.0. The van der Waals surface area contributed by atoms with Gasteiger partial charge in [0.2, 0.25) is 0 Å². The zero-order valence-corrected chi connectivity index (χ0v) is 10.3. The number of nitrogens with two attached hydrogens (primary N) is 1. The van der Waals surface area contributed by atoms with Crippen LogP contribution in [-0.4, -0.2) is 40.1 Å². The molecule has 0 saturated carbocycles. The number of carbonyl (C=O) groups excluding carboxylic acids is 1. The maximum Gasteiger partial charge on any atom is 0.272 e. The molecular formula is C12H18N4O2. The third-order valence-corrected chi connectivity index (χ3v) is 3.34. The number of anilines is 1. The molecule has 2 heterocycles. The van der Waals surface area contributed by atoms with Gasteiger partial charge in [-0.3, -0.25) is 15.6 Å². The van der Waals surface area contributed by atoms with Crippen molar-refractivity contribution in [3.05, 3.63) is 24.0 Å². The predicted octanol–water partition coefficient (Wildman–Crippen LogP) is 0.210. The van der Waals surface area contributed by atoms with Crippen LogP contribution in [0.3, 0.4) is 0 Å². The molecule has 0 bridgehead atoms. The summed E-state index contributed by atoms with van der Waals surface area (Å²) in [6.45, 7) is 3.00. The Morgan fingerprint density at radius 1 is 1.72 bits per heavy atom. The molecule has 1 amide bonds. The van der Waals surface area contributed by atoms with E-state index in [2.05, 4.69) is 10.4 Å². The van der Waals surface area contributed by atoms with Crippen LogP contribution in [0.1, 0.15) is 23.8 Å². The number of hydrazine groups is 1. The molecule has 1 fully saturated rings. The largest absolute Gasteiger partial charge is 0.393 e. The second-order valence-electron chi connectivity index (χ2n) is 4.61. The first-order valence-electron chi connectivity index (χ1n) is 6.02. The Morgan fingerprint density at radius 3 is 3.11 bits per heavy atom. The highest BCUT2D eigenvalue weighted by Crippen LogP contribution is 2.21. The predicted molar refractivity (Wildman–Crippen MR) is 67.7 cm³/mol. The molecule has 6 nitrogen and oxygen atoms in total. The van der Waals surface area contributed by atoms with Crippen molar-refractivity contribution in [3.63, 3.8) is 0 Å². The summed E-state index contributed by atoms with van der Waals surface area (Å²) in [7, 11) is 0. The first-order valence-corrected chi connectivity index (χ1v) is 6.02. The van der Waals surface area contributed by atoms with Crippen LogP contribution in [0.2, 0.25) is 0 Å². The van der Waals surface area contributed by atoms with E-state index >= 15 is 0 Å². The lowest BCUT2D eigenvalue weighted by molar-refractivity contribution is 0.0757. The molecule has 2 unspecified atom stereocenters. The van der Waals surface area contributed by atoms with Crippen molar-refractivity contribution in [2.24, 2.45) is 11.8 Å². The highest BCUT2D eigenvalue weighted by Gasteiger charge is 2.30. The van der Waals surface area contributed by atoms with Crippen molar-refractivity contribution in [2.75, 3.05) is 18.5 Å². The first kappa shape index (κ1) is 12.8. The monoisotopic (exact) mass is 250 g/mol. The Kier molecular flexibility index (Phi) is 3.78. The van der Waals surface area contributed by atoms with E-state index in [0.29, 0.717) is 24.5 Å². The molecule has 0 aliphatic carbocycles. The molecule has 1 saturated heterocycles. The van der Waals surface area contributed by atoms with Crippen molar-refractivity contribution in [1.82, 2.24) is 9.88 Å². The van der Waals surface area contributed by atoms with Gasteiger partial charge in [-0.2, -0.15) is 0 Å². The Morgan fingerprint density at radius 2 is 2.50 bits per heavy atom. The van der Waals surface area contributed by atoms with E-state index in [1.54, 1.807) is 30.2 Å². The van der Waals surface area contributed by atoms with Gasteiger partial charge < -0.3 is 15.4 Å². The van der Waals surface area contributed by atoms with Gasteiger partial charge >= 0.3 is 0 Å². The van der Waals surface area contributed by atoms with E-state index in [-0.39, 0.29) is 17.9 Å². The summed E-state index contributed by atoms with van der Waals surface area (Å²) in [5.41, 5.74) is 3.51. The quantitative estimate of drug-likeness (QED) is 0.527. The minimum absolute atomic E-state index is 0.116. The number of aliphatic hydroxyl groups is 1. The topological polar surface area (TPSA) is 91.5 Å². The molecule has 0 aromatic carbocycles. The average Bonchev–Trinajstić information content (AvgIpc) is 2.87. The number of amides is 1. The molecule has 2 rings (SSSR count). The lowest BCUT2D eigenvalue weighted by Crippen LogP contribution is -2.31. The molecule has 1 aliphatic heterocycles. The average molecular weight is 250 g/mol. The number of carbonyl (C=O) groups is 1. The lowest BCUT2D eigenvalue weighted by Gasteiger charge is -2.17. The van der Waals surface area contributed by atoms with Gasteiger partial charge in [-0.15, -0.1) is 0 Å². The van der Waals surface area contributed by atoms with Crippen LogP contribution in [0.5, 0.6) is 0 Å². The van der Waals surface area contributed by atoms with Crippen LogP contribution < -0.4 is 11.3 Å². The Balaban J connectivity index is 2.08. The zero-order chi connectivity index (χ0) is 13.1. The number of pyridine rings is 1. The molecule has 98 valence electrons. The van der Waals surface area contributed by atoms with Gasteiger partial charge in [-0.25, -0.2) is 0 Å². The van der Waals surface area contributed by atoms with Gasteiger partial charge in [0.05, 0.1) is 11.8 Å². The van der Waals surface area contributed by atoms with Gasteiger partial charge in [0.15, 0.2) is 0 Å². The summed E-state index contributed by atoms with van der Waals surface area (Å²) in [6.07, 6.45) is 2.00. The van der Waals surface area contributed by atoms with Crippen LogP contribution in [0, 0.1) is 5.92 Å². The van der Waals surface area contributed by atoms with Crippen molar-refractivity contribution in [2.45, 2.75) is 19.4 Å². The van der Waals surface area contributed by atoms with E-state index in [1.807, 2.05) is 0 Å². The maximum absolute atomic E-state index is 12.2. The minimum Gasteiger partial charge on any atom is -0.393 e. The molecule has 18 heavy (non-hydrogen) atoms. The number of aromatic nitrogens is 1. The molecular weight excluding hydrogens is 232 g/mol. The molecule has 2 atom stereocenters. The molecule has 0 spiro atoms. The van der Waals surface area contributed by atoms with Crippen molar-refractivity contribution in [3.8, 4) is 0 Å². The van der Waals surface area contributed by atoms with Crippen LogP contribution in [0.4, 0.5) is 5.69 Å². The number of nitrogen functional groups attached to an aromatic ring is 1. The highest BCUT2D eigenvalue weighted by molar-refractivity contribution is 5.93. The van der Waals surface area contributed by atoms with E-state index in [9.17, 15) is 9.90 Å². The van der Waals surface area contributed by atoms with Gasteiger partial charge in [-0.1, -0.05) is 0 Å². The third kappa shape index (κ3) is 2.60. The zero-order valence-electron chi connectivity index (χ0n) is 10.3. The summed E-state index contributed by atoms with van der Waals surface area (Å²) >= 11 is 0. The third-order valence-electron chi connectivity index (χ3n) is 3.34. The van der Waals surface area contributed by atoms with E-state index in [1.165, 1.54) is 0 Å². The smallest absolute Gasteiger partial charge is 0.272 e. The molecule has 1 aromatic heterocycles. The highest BCUT2D eigenvalue weighted by atomic mass is 16.3. The molecule has 4 N–H and O–H groups in total. The van der Waals surface area contributed by atoms with Gasteiger partial charge in [-0.05, 0) is 25.5 Å². The van der Waals surface area contributed by atoms with Gasteiger partial charge in [0, 0.05) is 25.2 Å². The molecule has 1 aromatic rings. The summed E-state index contributed by atoms with van der Waals surface area (Å²) in [6, 6.07) is 3.32. The first-order chi connectivity index (χ1) is 8.61. The molecule has 1 aliphatic rings. The van der Waals surface area contributed by atoms with Crippen molar-refractivity contribution < 1.29 is 9.90 Å². The number of nitrogens with one attached hydrogen (secondary N) is 1. The summed E-state index contributed by atoms with van der Waals surface area (Å²) in [4.78, 5) is 18.0.